The van der Waals surface area contributed by atoms with E-state index in [1.54, 1.807) is 12.4 Å². The lowest BCUT2D eigenvalue weighted by atomic mass is 9.82. The molecule has 1 N–H and O–H groups in total. The van der Waals surface area contributed by atoms with Crippen molar-refractivity contribution < 1.29 is 14.6 Å². The molecular weight excluding hydrogens is 318 g/mol. The van der Waals surface area contributed by atoms with Gasteiger partial charge in [0.2, 0.25) is 5.91 Å². The highest BCUT2D eigenvalue weighted by Crippen LogP contribution is 2.32. The minimum atomic E-state index is -0.806. The average molecular weight is 347 g/mol. The number of carbonyl (C=O) groups is 1. The Balaban J connectivity index is 1.60. The number of aromatic nitrogens is 2. The monoisotopic (exact) mass is 347 g/mol. The number of morpholine rings is 1. The maximum absolute atomic E-state index is 12.8. The molecule has 0 radical (unpaired) electrons. The summed E-state index contributed by atoms with van der Waals surface area (Å²) in [5, 5.41) is 10.7. The van der Waals surface area contributed by atoms with E-state index in [9.17, 15) is 9.90 Å². The molecule has 1 aliphatic heterocycles. The predicted molar refractivity (Wildman–Crippen MR) is 94.1 cm³/mol. The van der Waals surface area contributed by atoms with E-state index in [0.717, 1.165) is 56.3 Å². The highest BCUT2D eigenvalue weighted by molar-refractivity contribution is 5.77. The lowest BCUT2D eigenvalue weighted by Gasteiger charge is -2.39. The minimum absolute atomic E-state index is 0.0508. The van der Waals surface area contributed by atoms with Crippen LogP contribution in [0.15, 0.2) is 12.4 Å². The van der Waals surface area contributed by atoms with Crippen LogP contribution in [-0.2, 0) is 16.0 Å². The van der Waals surface area contributed by atoms with E-state index >= 15 is 0 Å². The van der Waals surface area contributed by atoms with Crippen molar-refractivity contribution >= 4 is 5.91 Å². The fraction of sp³-hybridized carbons (Fsp3) is 0.737. The third-order valence-electron chi connectivity index (χ3n) is 5.51. The van der Waals surface area contributed by atoms with Crippen molar-refractivity contribution in [2.45, 2.75) is 69.9 Å². The van der Waals surface area contributed by atoms with Crippen LogP contribution in [0.25, 0.3) is 0 Å². The van der Waals surface area contributed by atoms with Gasteiger partial charge in [-0.05, 0) is 32.6 Å². The van der Waals surface area contributed by atoms with Gasteiger partial charge in [-0.1, -0.05) is 19.3 Å². The Labute approximate surface area is 149 Å². The van der Waals surface area contributed by atoms with Crippen LogP contribution in [0.2, 0.25) is 0 Å². The summed E-state index contributed by atoms with van der Waals surface area (Å²) in [5.74, 6) is 0.0635. The molecule has 0 bridgehead atoms. The molecule has 1 aromatic rings. The lowest BCUT2D eigenvalue weighted by Crippen LogP contribution is -2.51. The molecule has 2 heterocycles. The number of rotatable bonds is 5. The molecule has 1 amide bonds. The number of nitrogens with zero attached hydrogens (tertiary/aromatic N) is 3. The fourth-order valence-corrected chi connectivity index (χ4v) is 3.98. The van der Waals surface area contributed by atoms with E-state index in [2.05, 4.69) is 9.97 Å². The first-order valence-electron chi connectivity index (χ1n) is 9.43. The molecule has 1 aliphatic carbocycles. The molecular formula is C19H29N3O3. The van der Waals surface area contributed by atoms with Crippen molar-refractivity contribution in [3.8, 4) is 0 Å². The maximum Gasteiger partial charge on any atom is 0.225 e. The van der Waals surface area contributed by atoms with E-state index < -0.39 is 5.60 Å². The summed E-state index contributed by atoms with van der Waals surface area (Å²) in [6, 6.07) is 0.0508. The first kappa shape index (κ1) is 18.3. The Morgan fingerprint density at radius 3 is 2.84 bits per heavy atom. The van der Waals surface area contributed by atoms with Crippen molar-refractivity contribution in [1.29, 1.82) is 0 Å². The molecule has 0 unspecified atom stereocenters. The predicted octanol–water partition coefficient (Wildman–Crippen LogP) is 2.03. The van der Waals surface area contributed by atoms with Crippen molar-refractivity contribution in [1.82, 2.24) is 14.9 Å². The van der Waals surface area contributed by atoms with Crippen LogP contribution in [0.1, 0.15) is 56.3 Å². The molecule has 6 nitrogen and oxygen atoms in total. The van der Waals surface area contributed by atoms with Gasteiger partial charge >= 0.3 is 0 Å². The van der Waals surface area contributed by atoms with Gasteiger partial charge in [0.05, 0.1) is 42.7 Å². The third kappa shape index (κ3) is 4.76. The van der Waals surface area contributed by atoms with Gasteiger partial charge in [-0.2, -0.15) is 0 Å². The summed E-state index contributed by atoms with van der Waals surface area (Å²) in [7, 11) is 0. The maximum atomic E-state index is 12.8. The van der Waals surface area contributed by atoms with Gasteiger partial charge in [-0.25, -0.2) is 0 Å². The van der Waals surface area contributed by atoms with Crippen LogP contribution in [0, 0.1) is 6.92 Å². The van der Waals surface area contributed by atoms with E-state index in [-0.39, 0.29) is 18.4 Å². The molecule has 1 aromatic heterocycles. The summed E-state index contributed by atoms with van der Waals surface area (Å²) in [6.07, 6.45) is 9.92. The van der Waals surface area contributed by atoms with E-state index in [0.29, 0.717) is 19.8 Å². The van der Waals surface area contributed by atoms with Crippen LogP contribution in [-0.4, -0.2) is 57.3 Å². The molecule has 1 saturated heterocycles. The summed E-state index contributed by atoms with van der Waals surface area (Å²) < 4.78 is 5.60. The second-order valence-corrected chi connectivity index (χ2v) is 7.40. The molecule has 1 saturated carbocycles. The van der Waals surface area contributed by atoms with E-state index in [1.165, 1.54) is 0 Å². The number of carbonyl (C=O) groups excluding carboxylic acids is 1. The number of aliphatic hydroxyl groups is 1. The van der Waals surface area contributed by atoms with Gasteiger partial charge in [-0.3, -0.25) is 14.8 Å². The van der Waals surface area contributed by atoms with Gasteiger partial charge in [0, 0.05) is 18.9 Å². The zero-order valence-corrected chi connectivity index (χ0v) is 15.1. The van der Waals surface area contributed by atoms with Gasteiger partial charge in [-0.15, -0.1) is 0 Å². The van der Waals surface area contributed by atoms with Crippen molar-refractivity contribution in [3.63, 3.8) is 0 Å². The highest BCUT2D eigenvalue weighted by Gasteiger charge is 2.36. The average Bonchev–Trinajstić information content (AvgIpc) is 2.61. The minimum Gasteiger partial charge on any atom is -0.389 e. The standard InChI is InChI=1S/C19H29N3O3/c1-15-17(21-10-9-20-15)6-5-16-14-25-12-11-22(16)18(23)13-19(24)7-3-2-4-8-19/h9-10,16,24H,2-8,11-14H2,1H3/t16-/m1/s1. The van der Waals surface area contributed by atoms with Crippen LogP contribution in [0.5, 0.6) is 0 Å². The van der Waals surface area contributed by atoms with Crippen molar-refractivity contribution in [2.24, 2.45) is 0 Å². The molecule has 6 heteroatoms. The summed E-state index contributed by atoms with van der Waals surface area (Å²) in [4.78, 5) is 23.4. The largest absolute Gasteiger partial charge is 0.389 e. The Kier molecular flexibility index (Phi) is 6.02. The zero-order valence-electron chi connectivity index (χ0n) is 15.1. The molecule has 3 rings (SSSR count). The molecule has 25 heavy (non-hydrogen) atoms. The Morgan fingerprint density at radius 1 is 1.32 bits per heavy atom. The molecule has 0 spiro atoms. The van der Waals surface area contributed by atoms with Gasteiger partial charge < -0.3 is 14.7 Å². The zero-order chi connectivity index (χ0) is 17.7. The first-order chi connectivity index (χ1) is 12.1. The van der Waals surface area contributed by atoms with Crippen molar-refractivity contribution in [2.75, 3.05) is 19.8 Å². The Morgan fingerprint density at radius 2 is 2.08 bits per heavy atom. The van der Waals surface area contributed by atoms with Gasteiger partial charge in [0.1, 0.15) is 0 Å². The second kappa shape index (κ2) is 8.23. The number of ether oxygens (including phenoxy) is 1. The molecule has 138 valence electrons. The SMILES string of the molecule is Cc1nccnc1CC[C@@H]1COCCN1C(=O)CC1(O)CCCCC1. The van der Waals surface area contributed by atoms with Crippen LogP contribution >= 0.6 is 0 Å². The molecule has 0 aromatic carbocycles. The second-order valence-electron chi connectivity index (χ2n) is 7.40. The van der Waals surface area contributed by atoms with Crippen LogP contribution < -0.4 is 0 Å². The quantitative estimate of drug-likeness (QED) is 0.882. The van der Waals surface area contributed by atoms with Gasteiger partial charge in [0.15, 0.2) is 0 Å². The first-order valence-corrected chi connectivity index (χ1v) is 9.43. The summed E-state index contributed by atoms with van der Waals surface area (Å²) in [5.41, 5.74) is 1.11. The number of amides is 1. The van der Waals surface area contributed by atoms with Crippen LogP contribution in [0.3, 0.4) is 0 Å². The Hall–Kier alpha value is -1.53. The van der Waals surface area contributed by atoms with E-state index in [1.807, 2.05) is 11.8 Å². The topological polar surface area (TPSA) is 75.6 Å². The molecule has 2 aliphatic rings. The van der Waals surface area contributed by atoms with Crippen molar-refractivity contribution in [3.05, 3.63) is 23.8 Å². The lowest BCUT2D eigenvalue weighted by molar-refractivity contribution is -0.146. The normalized spacial score (nSPS) is 23.4. The number of hydrogen-bond donors (Lipinski definition) is 1. The number of hydrogen-bond acceptors (Lipinski definition) is 5. The third-order valence-corrected chi connectivity index (χ3v) is 5.51. The highest BCUT2D eigenvalue weighted by atomic mass is 16.5. The number of aryl methyl sites for hydroxylation is 2. The van der Waals surface area contributed by atoms with Crippen LogP contribution in [0.4, 0.5) is 0 Å². The van der Waals surface area contributed by atoms with Gasteiger partial charge in [0.25, 0.3) is 0 Å². The Bertz CT molecular complexity index is 587. The summed E-state index contributed by atoms with van der Waals surface area (Å²) >= 11 is 0. The summed E-state index contributed by atoms with van der Waals surface area (Å²) in [6.45, 7) is 3.70. The molecule has 2 fully saturated rings. The fourth-order valence-electron chi connectivity index (χ4n) is 3.98. The molecule has 1 atom stereocenters. The smallest absolute Gasteiger partial charge is 0.225 e. The van der Waals surface area contributed by atoms with E-state index in [4.69, 9.17) is 4.74 Å².